The summed E-state index contributed by atoms with van der Waals surface area (Å²) in [6.07, 6.45) is 7.52. The van der Waals surface area contributed by atoms with Crippen LogP contribution < -0.4 is 5.32 Å². The number of carbonyl (C=O) groups excluding carboxylic acids is 2. The van der Waals surface area contributed by atoms with Gasteiger partial charge in [-0.05, 0) is 75.7 Å². The Morgan fingerprint density at radius 2 is 2.00 bits per heavy atom. The lowest BCUT2D eigenvalue weighted by Gasteiger charge is -2.21. The van der Waals surface area contributed by atoms with Crippen LogP contribution in [-0.2, 0) is 22.4 Å². The van der Waals surface area contributed by atoms with Crippen molar-refractivity contribution in [1.29, 1.82) is 0 Å². The number of thiophene rings is 1. The molecule has 142 valence electrons. The zero-order chi connectivity index (χ0) is 18.4. The first kappa shape index (κ1) is 18.0. The molecule has 3 aliphatic rings. The second-order valence-corrected chi connectivity index (χ2v) is 9.89. The van der Waals surface area contributed by atoms with Crippen LogP contribution >= 0.6 is 11.3 Å². The van der Waals surface area contributed by atoms with Gasteiger partial charge in [0.2, 0.25) is 5.91 Å². The normalized spacial score (nSPS) is 29.7. The topological polar surface area (TPSA) is 55.4 Å². The number of rotatable bonds is 4. The van der Waals surface area contributed by atoms with E-state index in [4.69, 9.17) is 4.74 Å². The minimum Gasteiger partial charge on any atom is -0.459 e. The maximum Gasteiger partial charge on any atom is 0.341 e. The van der Waals surface area contributed by atoms with Crippen molar-refractivity contribution >= 4 is 28.2 Å². The van der Waals surface area contributed by atoms with Crippen LogP contribution in [0.5, 0.6) is 0 Å². The lowest BCUT2D eigenvalue weighted by Crippen LogP contribution is -2.27. The number of esters is 1. The summed E-state index contributed by atoms with van der Waals surface area (Å²) in [4.78, 5) is 26.9. The van der Waals surface area contributed by atoms with Gasteiger partial charge >= 0.3 is 5.97 Å². The molecule has 4 nitrogen and oxygen atoms in total. The molecule has 1 amide bonds. The summed E-state index contributed by atoms with van der Waals surface area (Å²) in [6.45, 7) is 5.99. The molecule has 26 heavy (non-hydrogen) atoms. The summed E-state index contributed by atoms with van der Waals surface area (Å²) in [5.41, 5.74) is 1.74. The van der Waals surface area contributed by atoms with Gasteiger partial charge in [0, 0.05) is 10.8 Å². The van der Waals surface area contributed by atoms with Gasteiger partial charge in [-0.1, -0.05) is 13.3 Å². The molecule has 0 unspecified atom stereocenters. The molecule has 0 spiro atoms. The molecule has 4 atom stereocenters. The minimum absolute atomic E-state index is 0.113. The molecule has 3 aliphatic carbocycles. The van der Waals surface area contributed by atoms with Gasteiger partial charge in [-0.3, -0.25) is 4.79 Å². The number of anilines is 1. The molecule has 1 aromatic rings. The third-order valence-electron chi connectivity index (χ3n) is 6.37. The maximum absolute atomic E-state index is 12.9. The number of carbonyl (C=O) groups is 2. The van der Waals surface area contributed by atoms with Crippen molar-refractivity contribution in [3.63, 3.8) is 0 Å². The predicted octanol–water partition coefficient (Wildman–Crippen LogP) is 4.81. The highest BCUT2D eigenvalue weighted by molar-refractivity contribution is 7.17. The van der Waals surface area contributed by atoms with Crippen molar-refractivity contribution in [3.8, 4) is 0 Å². The fraction of sp³-hybridized carbons (Fsp3) is 0.714. The van der Waals surface area contributed by atoms with E-state index < -0.39 is 0 Å². The van der Waals surface area contributed by atoms with E-state index >= 15 is 0 Å². The molecule has 0 aromatic carbocycles. The maximum atomic E-state index is 12.9. The Morgan fingerprint density at radius 1 is 1.19 bits per heavy atom. The van der Waals surface area contributed by atoms with Gasteiger partial charge in [-0.25, -0.2) is 4.79 Å². The Kier molecular flexibility index (Phi) is 4.84. The van der Waals surface area contributed by atoms with Gasteiger partial charge in [0.25, 0.3) is 0 Å². The Balaban J connectivity index is 1.60. The van der Waals surface area contributed by atoms with Crippen LogP contribution in [0.2, 0.25) is 0 Å². The van der Waals surface area contributed by atoms with E-state index in [9.17, 15) is 9.59 Å². The molecule has 1 aromatic heterocycles. The Hall–Kier alpha value is -1.36. The van der Waals surface area contributed by atoms with Crippen LogP contribution in [0.4, 0.5) is 5.00 Å². The Labute approximate surface area is 159 Å². The van der Waals surface area contributed by atoms with Crippen molar-refractivity contribution < 1.29 is 14.3 Å². The van der Waals surface area contributed by atoms with Crippen molar-refractivity contribution in [1.82, 2.24) is 0 Å². The van der Waals surface area contributed by atoms with E-state index in [1.165, 1.54) is 24.1 Å². The molecular formula is C21H29NO3S. The average molecular weight is 376 g/mol. The number of amides is 1. The number of hydrogen-bond acceptors (Lipinski definition) is 4. The van der Waals surface area contributed by atoms with Crippen LogP contribution in [-0.4, -0.2) is 18.0 Å². The van der Waals surface area contributed by atoms with E-state index in [1.807, 2.05) is 13.8 Å². The van der Waals surface area contributed by atoms with Gasteiger partial charge in [0.05, 0.1) is 11.7 Å². The van der Waals surface area contributed by atoms with Gasteiger partial charge < -0.3 is 10.1 Å². The standard InChI is InChI=1S/C21H29NO3S/c1-11(2)25-21(24)18-15-7-4-12(3)8-17(15)26-20(18)22-19(23)16-10-13-5-6-14(16)9-13/h11-14,16H,4-10H2,1-3H3,(H,22,23)/t12-,13+,14+,16+/m0/s1. The van der Waals surface area contributed by atoms with E-state index in [0.717, 1.165) is 42.2 Å². The summed E-state index contributed by atoms with van der Waals surface area (Å²) in [5.74, 6) is 1.86. The highest BCUT2D eigenvalue weighted by Gasteiger charge is 2.43. The number of fused-ring (bicyclic) bond motifs is 3. The fourth-order valence-corrected chi connectivity index (χ4v) is 6.50. The third-order valence-corrected chi connectivity index (χ3v) is 7.54. The molecule has 2 fully saturated rings. The van der Waals surface area contributed by atoms with Crippen LogP contribution in [0.25, 0.3) is 0 Å². The fourth-order valence-electron chi connectivity index (χ4n) is 5.10. The summed E-state index contributed by atoms with van der Waals surface area (Å²) >= 11 is 1.60. The Morgan fingerprint density at radius 3 is 2.65 bits per heavy atom. The second-order valence-electron chi connectivity index (χ2n) is 8.78. The van der Waals surface area contributed by atoms with Gasteiger partial charge in [-0.2, -0.15) is 0 Å². The highest BCUT2D eigenvalue weighted by Crippen LogP contribution is 2.49. The SMILES string of the molecule is CC(C)OC(=O)c1c(NC(=O)[C@@H]2C[C@@H]3CC[C@@H]2C3)sc2c1CC[C@H](C)C2. The van der Waals surface area contributed by atoms with Gasteiger partial charge in [-0.15, -0.1) is 11.3 Å². The molecule has 2 bridgehead atoms. The first-order valence-corrected chi connectivity index (χ1v) is 10.9. The summed E-state index contributed by atoms with van der Waals surface area (Å²) < 4.78 is 5.50. The van der Waals surface area contributed by atoms with Crippen molar-refractivity contribution in [2.75, 3.05) is 5.32 Å². The Bertz CT molecular complexity index is 723. The van der Waals surface area contributed by atoms with Crippen molar-refractivity contribution in [2.45, 2.75) is 71.8 Å². The second kappa shape index (κ2) is 6.99. The number of nitrogens with one attached hydrogen (secondary N) is 1. The highest BCUT2D eigenvalue weighted by atomic mass is 32.1. The molecule has 1 heterocycles. The third kappa shape index (κ3) is 3.30. The van der Waals surface area contributed by atoms with Gasteiger partial charge in [0.1, 0.15) is 5.00 Å². The van der Waals surface area contributed by atoms with Crippen LogP contribution in [0.1, 0.15) is 73.7 Å². The van der Waals surface area contributed by atoms with Crippen LogP contribution in [0, 0.1) is 23.7 Å². The van der Waals surface area contributed by atoms with Crippen molar-refractivity contribution in [3.05, 3.63) is 16.0 Å². The van der Waals surface area contributed by atoms with E-state index in [0.29, 0.717) is 17.4 Å². The summed E-state index contributed by atoms with van der Waals surface area (Å²) in [6, 6.07) is 0. The van der Waals surface area contributed by atoms with E-state index in [1.54, 1.807) is 11.3 Å². The molecule has 4 rings (SSSR count). The van der Waals surface area contributed by atoms with Crippen LogP contribution in [0.15, 0.2) is 0 Å². The molecule has 1 N–H and O–H groups in total. The minimum atomic E-state index is -0.282. The average Bonchev–Trinajstić information content (AvgIpc) is 3.26. The molecule has 0 aliphatic heterocycles. The van der Waals surface area contributed by atoms with E-state index in [-0.39, 0.29) is 23.9 Å². The largest absolute Gasteiger partial charge is 0.459 e. The quantitative estimate of drug-likeness (QED) is 0.768. The lowest BCUT2D eigenvalue weighted by atomic mass is 9.87. The smallest absolute Gasteiger partial charge is 0.341 e. The summed E-state index contributed by atoms with van der Waals surface area (Å²) in [5, 5.41) is 3.87. The summed E-state index contributed by atoms with van der Waals surface area (Å²) in [7, 11) is 0. The predicted molar refractivity (Wildman–Crippen MR) is 104 cm³/mol. The van der Waals surface area contributed by atoms with Crippen molar-refractivity contribution in [2.24, 2.45) is 23.7 Å². The number of hydrogen-bond donors (Lipinski definition) is 1. The molecule has 2 saturated carbocycles. The zero-order valence-corrected chi connectivity index (χ0v) is 16.8. The monoisotopic (exact) mass is 375 g/mol. The van der Waals surface area contributed by atoms with E-state index in [2.05, 4.69) is 12.2 Å². The first-order chi connectivity index (χ1) is 12.4. The number of ether oxygens (including phenoxy) is 1. The van der Waals surface area contributed by atoms with Gasteiger partial charge in [0.15, 0.2) is 0 Å². The molecule has 0 saturated heterocycles. The molecule has 0 radical (unpaired) electrons. The zero-order valence-electron chi connectivity index (χ0n) is 16.0. The first-order valence-electron chi connectivity index (χ1n) is 10.1. The van der Waals surface area contributed by atoms with Crippen LogP contribution in [0.3, 0.4) is 0 Å². The molecular weight excluding hydrogens is 346 g/mol. The molecule has 5 heteroatoms. The lowest BCUT2D eigenvalue weighted by molar-refractivity contribution is -0.121.